The van der Waals surface area contributed by atoms with Gasteiger partial charge >= 0.3 is 0 Å². The number of nitrogens with zero attached hydrogens (tertiary/aromatic N) is 2. The molecule has 3 aromatic rings. The Hall–Kier alpha value is 0.648. The molecule has 0 saturated carbocycles. The van der Waals surface area contributed by atoms with Crippen LogP contribution < -0.4 is 0 Å². The van der Waals surface area contributed by atoms with Crippen LogP contribution in [0, 0.1) is 56.0 Å². The molecule has 3 rings (SSSR count). The summed E-state index contributed by atoms with van der Waals surface area (Å²) in [4.78, 5) is 8.69. The molecule has 22 heavy (non-hydrogen) atoms. The van der Waals surface area contributed by atoms with Gasteiger partial charge < -0.3 is 10.2 Å². The van der Waals surface area contributed by atoms with Crippen LogP contribution in [0.5, 0.6) is 0 Å². The second-order valence-corrected chi connectivity index (χ2v) is 4.48. The zero-order valence-corrected chi connectivity index (χ0v) is 17.5. The third-order valence-corrected chi connectivity index (χ3v) is 2.79. The smallest absolute Gasteiger partial charge is 0.0964 e. The Labute approximate surface area is 196 Å². The number of benzene rings is 1. The summed E-state index contributed by atoms with van der Waals surface area (Å²) in [7, 11) is 0. The fourth-order valence-electron chi connectivity index (χ4n) is 1.83. The maximum atomic E-state index is 8.36. The second kappa shape index (κ2) is 12.1. The summed E-state index contributed by atoms with van der Waals surface area (Å²) < 4.78 is 0. The van der Waals surface area contributed by atoms with Gasteiger partial charge in [0.25, 0.3) is 0 Å². The Morgan fingerprint density at radius 1 is 1.00 bits per heavy atom. The molecule has 0 saturated heterocycles. The molecule has 1 aromatic carbocycles. The SMILES string of the molecule is CC(O)C[CH-]O.[Eu].[Y].c1cnc2c(c1)ccc1cccnc12. The van der Waals surface area contributed by atoms with E-state index in [1.165, 1.54) is 0 Å². The first-order chi connectivity index (χ1) is 9.72. The number of aromatic nitrogens is 2. The number of hydrogen-bond acceptors (Lipinski definition) is 4. The van der Waals surface area contributed by atoms with Crippen molar-refractivity contribution < 1.29 is 92.3 Å². The number of hydrogen-bond donors (Lipinski definition) is 2. The molecule has 0 aliphatic carbocycles. The Balaban J connectivity index is 0.000000486. The van der Waals surface area contributed by atoms with Crippen LogP contribution in [0.1, 0.15) is 13.3 Å². The first-order valence-corrected chi connectivity index (χ1v) is 6.45. The van der Waals surface area contributed by atoms with Gasteiger partial charge in [0, 0.05) is 111 Å². The number of aliphatic hydroxyl groups excluding tert-OH is 2. The van der Waals surface area contributed by atoms with E-state index in [1.54, 1.807) is 19.3 Å². The van der Waals surface area contributed by atoms with E-state index in [0.29, 0.717) is 6.42 Å². The first-order valence-electron chi connectivity index (χ1n) is 6.45. The zero-order valence-electron chi connectivity index (χ0n) is 12.2. The number of aliphatic hydroxyl groups is 2. The molecule has 2 radical (unpaired) electrons. The van der Waals surface area contributed by atoms with E-state index in [-0.39, 0.29) is 82.1 Å². The van der Waals surface area contributed by atoms with Gasteiger partial charge in [-0.25, -0.2) is 6.61 Å². The van der Waals surface area contributed by atoms with Crippen LogP contribution in [0.25, 0.3) is 21.8 Å². The van der Waals surface area contributed by atoms with Crippen LogP contribution in [0.15, 0.2) is 48.8 Å². The number of rotatable bonds is 2. The molecule has 1 atom stereocenters. The van der Waals surface area contributed by atoms with Crippen LogP contribution in [0.4, 0.5) is 0 Å². The number of pyridine rings is 2. The molecule has 0 aliphatic heterocycles. The summed E-state index contributed by atoms with van der Waals surface area (Å²) in [6.45, 7) is 2.57. The minimum absolute atomic E-state index is 0. The minimum Gasteiger partial charge on any atom is -0.566 e. The topological polar surface area (TPSA) is 66.2 Å². The molecule has 6 heteroatoms. The van der Waals surface area contributed by atoms with Crippen LogP contribution >= 0.6 is 0 Å². The van der Waals surface area contributed by atoms with Crippen molar-refractivity contribution in [3.05, 3.63) is 55.4 Å². The monoisotopic (exact) mass is 511 g/mol. The van der Waals surface area contributed by atoms with E-state index in [0.717, 1.165) is 28.4 Å². The van der Waals surface area contributed by atoms with Gasteiger partial charge in [0.1, 0.15) is 0 Å². The van der Waals surface area contributed by atoms with Crippen molar-refractivity contribution in [1.82, 2.24) is 9.97 Å². The summed E-state index contributed by atoms with van der Waals surface area (Å²) in [5.41, 5.74) is 1.95. The van der Waals surface area contributed by atoms with Gasteiger partial charge in [-0.15, -0.1) is 6.42 Å². The fraction of sp³-hybridized carbons (Fsp3) is 0.188. The van der Waals surface area contributed by atoms with Crippen LogP contribution in [0.2, 0.25) is 0 Å². The predicted octanol–water partition coefficient (Wildman–Crippen LogP) is 3.07. The molecule has 0 spiro atoms. The van der Waals surface area contributed by atoms with Crippen LogP contribution in [-0.4, -0.2) is 26.3 Å². The second-order valence-electron chi connectivity index (χ2n) is 4.48. The standard InChI is InChI=1S/C12H8N2.C4H9O2.Eu.Y/c1-3-9-5-6-10-4-2-8-14-12(10)11(9)13-7-1;1-4(6)2-3-5;;/h1-8H;3-6H,2H2,1H3;;/q;-1;;. The Kier molecular flexibility index (Phi) is 12.4. The predicted molar refractivity (Wildman–Crippen MR) is 79.6 cm³/mol. The zero-order chi connectivity index (χ0) is 14.4. The van der Waals surface area contributed by atoms with Gasteiger partial charge in [0.05, 0.1) is 11.0 Å². The molecule has 0 amide bonds. The molecule has 2 heterocycles. The summed E-state index contributed by atoms with van der Waals surface area (Å²) in [5, 5.41) is 18.6. The quantitative estimate of drug-likeness (QED) is 0.411. The molecule has 2 N–H and O–H groups in total. The van der Waals surface area contributed by atoms with Gasteiger partial charge in [-0.2, -0.15) is 0 Å². The van der Waals surface area contributed by atoms with Crippen molar-refractivity contribution in [1.29, 1.82) is 0 Å². The van der Waals surface area contributed by atoms with E-state index in [1.807, 2.05) is 12.1 Å². The van der Waals surface area contributed by atoms with Gasteiger partial charge in [-0.1, -0.05) is 24.3 Å². The van der Waals surface area contributed by atoms with Crippen molar-refractivity contribution in [2.24, 2.45) is 0 Å². The van der Waals surface area contributed by atoms with Gasteiger partial charge in [0.15, 0.2) is 0 Å². The maximum Gasteiger partial charge on any atom is 0.0964 e. The molecule has 1 unspecified atom stereocenters. The average Bonchev–Trinajstić information content (AvgIpc) is 2.48. The van der Waals surface area contributed by atoms with Gasteiger partial charge in [-0.05, 0) is 19.1 Å². The minimum atomic E-state index is -0.407. The summed E-state index contributed by atoms with van der Waals surface area (Å²) in [5.74, 6) is 0. The molecule has 0 aliphatic rings. The van der Waals surface area contributed by atoms with E-state index in [4.69, 9.17) is 10.2 Å². The Bertz CT molecular complexity index is 640. The molecular weight excluding hydrogens is 493 g/mol. The molecule has 2 aromatic heterocycles. The Morgan fingerprint density at radius 3 is 1.77 bits per heavy atom. The largest absolute Gasteiger partial charge is 0.566 e. The van der Waals surface area contributed by atoms with Gasteiger partial charge in [0.2, 0.25) is 0 Å². The van der Waals surface area contributed by atoms with E-state index in [9.17, 15) is 0 Å². The van der Waals surface area contributed by atoms with Crippen molar-refractivity contribution >= 4 is 21.8 Å². The van der Waals surface area contributed by atoms with Crippen molar-refractivity contribution in [3.8, 4) is 0 Å². The van der Waals surface area contributed by atoms with Crippen LogP contribution in [0.3, 0.4) is 0 Å². The molecule has 0 bridgehead atoms. The summed E-state index contributed by atoms with van der Waals surface area (Å²) in [6.07, 6.45) is 3.56. The fourth-order valence-corrected chi connectivity index (χ4v) is 1.83. The molecular formula is C16H17EuN2O2Y-. The summed E-state index contributed by atoms with van der Waals surface area (Å²) >= 11 is 0. The van der Waals surface area contributed by atoms with E-state index < -0.39 is 6.10 Å². The van der Waals surface area contributed by atoms with Crippen molar-refractivity contribution in [2.45, 2.75) is 19.4 Å². The maximum absolute atomic E-state index is 8.36. The average molecular weight is 510 g/mol. The van der Waals surface area contributed by atoms with E-state index >= 15 is 0 Å². The van der Waals surface area contributed by atoms with Crippen LogP contribution in [-0.2, 0) is 32.7 Å². The number of fused-ring (bicyclic) bond motifs is 3. The normalized spacial score (nSPS) is 10.9. The third kappa shape index (κ3) is 6.64. The first kappa shape index (κ1) is 22.6. The van der Waals surface area contributed by atoms with Crippen molar-refractivity contribution in [3.63, 3.8) is 0 Å². The third-order valence-electron chi connectivity index (χ3n) is 2.79. The Morgan fingerprint density at radius 2 is 1.45 bits per heavy atom. The molecule has 114 valence electrons. The molecule has 0 fully saturated rings. The van der Waals surface area contributed by atoms with E-state index in [2.05, 4.69) is 34.2 Å². The van der Waals surface area contributed by atoms with Gasteiger partial charge in [-0.3, -0.25) is 9.97 Å². The summed E-state index contributed by atoms with van der Waals surface area (Å²) in [6, 6.07) is 12.1. The van der Waals surface area contributed by atoms with Crippen molar-refractivity contribution in [2.75, 3.05) is 0 Å². The molecule has 4 nitrogen and oxygen atoms in total.